The van der Waals surface area contributed by atoms with E-state index in [2.05, 4.69) is 9.98 Å². The first kappa shape index (κ1) is 21.2. The van der Waals surface area contributed by atoms with Crippen LogP contribution in [0.4, 0.5) is 10.1 Å². The van der Waals surface area contributed by atoms with Crippen LogP contribution < -0.4 is 4.74 Å². The Morgan fingerprint density at radius 2 is 1.97 bits per heavy atom. The van der Waals surface area contributed by atoms with Crippen LogP contribution >= 0.6 is 0 Å². The fraction of sp³-hybridized carbons (Fsp3) is 0.480. The summed E-state index contributed by atoms with van der Waals surface area (Å²) in [5.41, 5.74) is 3.28. The van der Waals surface area contributed by atoms with E-state index in [1.165, 1.54) is 12.3 Å². The molecule has 2 aliphatic heterocycles. The van der Waals surface area contributed by atoms with Gasteiger partial charge in [-0.05, 0) is 49.3 Å². The summed E-state index contributed by atoms with van der Waals surface area (Å²) in [6, 6.07) is 9.36. The highest BCUT2D eigenvalue weighted by molar-refractivity contribution is 6.44. The van der Waals surface area contributed by atoms with Crippen molar-refractivity contribution in [2.75, 3.05) is 26.9 Å². The van der Waals surface area contributed by atoms with E-state index in [4.69, 9.17) is 14.2 Å². The fourth-order valence-corrected chi connectivity index (χ4v) is 4.89. The van der Waals surface area contributed by atoms with Crippen molar-refractivity contribution < 1.29 is 23.4 Å². The van der Waals surface area contributed by atoms with Gasteiger partial charge in [0.1, 0.15) is 11.9 Å². The molecule has 0 spiro atoms. The Labute approximate surface area is 186 Å². The maximum atomic E-state index is 13.9. The molecular weight excluding hydrogens is 411 g/mol. The number of para-hydroxylation sites is 1. The number of nitrogens with zero attached hydrogens (tertiary/aromatic N) is 2. The molecule has 0 amide bonds. The standard InChI is InChI=1S/C25H27FN2O4/c1-30-14-21-19-4-2-3-5-22(19)28-23(21)24(29)16-10-18(11-16)32-25-20(12-17(26)13-27-25)15-6-8-31-9-7-15/h2-5,12-13,15-16,18,21H,6-11,14H2,1H3. The van der Waals surface area contributed by atoms with Gasteiger partial charge in [0.05, 0.1) is 30.1 Å². The highest BCUT2D eigenvalue weighted by atomic mass is 19.1. The lowest BCUT2D eigenvalue weighted by molar-refractivity contribution is -0.122. The van der Waals surface area contributed by atoms with E-state index in [0.29, 0.717) is 44.3 Å². The molecule has 168 valence electrons. The van der Waals surface area contributed by atoms with Gasteiger partial charge in [-0.25, -0.2) is 14.4 Å². The molecule has 1 saturated heterocycles. The number of fused-ring (bicyclic) bond motifs is 1. The summed E-state index contributed by atoms with van der Waals surface area (Å²) in [6.07, 6.45) is 3.97. The quantitative estimate of drug-likeness (QED) is 0.643. The van der Waals surface area contributed by atoms with Crippen molar-refractivity contribution in [1.29, 1.82) is 0 Å². The molecule has 5 rings (SSSR count). The van der Waals surface area contributed by atoms with E-state index in [1.807, 2.05) is 24.3 Å². The van der Waals surface area contributed by atoms with Crippen molar-refractivity contribution in [1.82, 2.24) is 4.98 Å². The van der Waals surface area contributed by atoms with Crippen LogP contribution in [-0.4, -0.2) is 49.5 Å². The van der Waals surface area contributed by atoms with Crippen LogP contribution in [0.15, 0.2) is 41.5 Å². The first-order valence-electron chi connectivity index (χ1n) is 11.2. The van der Waals surface area contributed by atoms with Crippen molar-refractivity contribution >= 4 is 17.2 Å². The molecule has 1 atom stereocenters. The third kappa shape index (κ3) is 4.07. The molecule has 1 saturated carbocycles. The van der Waals surface area contributed by atoms with Gasteiger partial charge in [0, 0.05) is 31.8 Å². The van der Waals surface area contributed by atoms with Gasteiger partial charge in [-0.2, -0.15) is 0 Å². The number of aliphatic imine (C=N–C) groups is 1. The van der Waals surface area contributed by atoms with Crippen molar-refractivity contribution in [3.63, 3.8) is 0 Å². The molecule has 0 bridgehead atoms. The number of rotatable bonds is 7. The summed E-state index contributed by atoms with van der Waals surface area (Å²) in [5, 5.41) is 0. The highest BCUT2D eigenvalue weighted by Crippen LogP contribution is 2.41. The van der Waals surface area contributed by atoms with Crippen molar-refractivity contribution in [2.45, 2.75) is 43.6 Å². The maximum absolute atomic E-state index is 13.9. The van der Waals surface area contributed by atoms with Gasteiger partial charge >= 0.3 is 0 Å². The van der Waals surface area contributed by atoms with Gasteiger partial charge in [0.25, 0.3) is 0 Å². The van der Waals surface area contributed by atoms with E-state index in [1.54, 1.807) is 7.11 Å². The fourth-order valence-electron chi connectivity index (χ4n) is 4.89. The normalized spacial score (nSPS) is 25.1. The molecule has 1 aromatic carbocycles. The van der Waals surface area contributed by atoms with Gasteiger partial charge in [0.2, 0.25) is 5.88 Å². The lowest BCUT2D eigenvalue weighted by Crippen LogP contribution is -2.42. The van der Waals surface area contributed by atoms with E-state index >= 15 is 0 Å². The zero-order valence-electron chi connectivity index (χ0n) is 18.1. The van der Waals surface area contributed by atoms with Gasteiger partial charge in [-0.3, -0.25) is 4.79 Å². The third-order valence-electron chi connectivity index (χ3n) is 6.72. The van der Waals surface area contributed by atoms with Crippen LogP contribution in [0.5, 0.6) is 5.88 Å². The molecule has 6 nitrogen and oxygen atoms in total. The van der Waals surface area contributed by atoms with Crippen molar-refractivity contribution in [3.05, 3.63) is 53.5 Å². The van der Waals surface area contributed by atoms with E-state index in [9.17, 15) is 9.18 Å². The topological polar surface area (TPSA) is 70.0 Å². The minimum atomic E-state index is -0.358. The van der Waals surface area contributed by atoms with Crippen LogP contribution in [0, 0.1) is 11.7 Å². The van der Waals surface area contributed by atoms with E-state index in [0.717, 1.165) is 29.7 Å². The average Bonchev–Trinajstić information content (AvgIpc) is 3.16. The maximum Gasteiger partial charge on any atom is 0.217 e. The Morgan fingerprint density at radius 1 is 1.19 bits per heavy atom. The van der Waals surface area contributed by atoms with Crippen LogP contribution in [0.3, 0.4) is 0 Å². The smallest absolute Gasteiger partial charge is 0.217 e. The first-order valence-corrected chi connectivity index (χ1v) is 11.2. The molecule has 7 heteroatoms. The molecule has 2 fully saturated rings. The lowest BCUT2D eigenvalue weighted by Gasteiger charge is -2.35. The summed E-state index contributed by atoms with van der Waals surface area (Å²) in [4.78, 5) is 22.1. The summed E-state index contributed by atoms with van der Waals surface area (Å²) in [7, 11) is 1.64. The zero-order valence-corrected chi connectivity index (χ0v) is 18.1. The molecule has 1 aromatic heterocycles. The second-order valence-electron chi connectivity index (χ2n) is 8.77. The molecule has 1 unspecified atom stereocenters. The third-order valence-corrected chi connectivity index (χ3v) is 6.72. The molecule has 0 N–H and O–H groups in total. The number of Topliss-reactive ketones (excluding diaryl/α,β-unsaturated/α-hetero) is 1. The summed E-state index contributed by atoms with van der Waals surface area (Å²) < 4.78 is 30.8. The van der Waals surface area contributed by atoms with Crippen molar-refractivity contribution in [2.24, 2.45) is 10.9 Å². The number of carbonyl (C=O) groups excluding carboxylic acids is 1. The minimum Gasteiger partial charge on any atom is -0.474 e. The van der Waals surface area contributed by atoms with Crippen LogP contribution in [0.2, 0.25) is 0 Å². The number of methoxy groups -OCH3 is 1. The van der Waals surface area contributed by atoms with Crippen LogP contribution in [0.25, 0.3) is 0 Å². The highest BCUT2D eigenvalue weighted by Gasteiger charge is 2.42. The summed E-state index contributed by atoms with van der Waals surface area (Å²) in [5.74, 6) is 0.128. The largest absolute Gasteiger partial charge is 0.474 e. The molecule has 1 aliphatic carbocycles. The number of pyridine rings is 1. The number of halogens is 1. The van der Waals surface area contributed by atoms with E-state index in [-0.39, 0.29) is 35.5 Å². The van der Waals surface area contributed by atoms with Gasteiger partial charge in [-0.1, -0.05) is 18.2 Å². The van der Waals surface area contributed by atoms with Gasteiger partial charge in [-0.15, -0.1) is 0 Å². The van der Waals surface area contributed by atoms with Gasteiger partial charge in [0.15, 0.2) is 5.78 Å². The molecule has 0 radical (unpaired) electrons. The number of ketones is 1. The lowest BCUT2D eigenvalue weighted by atomic mass is 9.76. The second kappa shape index (κ2) is 9.08. The minimum absolute atomic E-state index is 0.0693. The Morgan fingerprint density at radius 3 is 2.75 bits per heavy atom. The number of hydrogen-bond acceptors (Lipinski definition) is 6. The van der Waals surface area contributed by atoms with Crippen molar-refractivity contribution in [3.8, 4) is 5.88 Å². The number of benzene rings is 1. The number of ether oxygens (including phenoxy) is 3. The predicted octanol–water partition coefficient (Wildman–Crippen LogP) is 4.36. The summed E-state index contributed by atoms with van der Waals surface area (Å²) >= 11 is 0. The SMILES string of the molecule is COCC1C(C(=O)C2CC(Oc3ncc(F)cc3C3CCOCC3)C2)=Nc2ccccc21. The summed E-state index contributed by atoms with van der Waals surface area (Å²) in [6.45, 7) is 1.75. The number of carbonyl (C=O) groups is 1. The monoisotopic (exact) mass is 438 g/mol. The molecule has 2 aromatic rings. The predicted molar refractivity (Wildman–Crippen MR) is 117 cm³/mol. The zero-order chi connectivity index (χ0) is 22.1. The number of aromatic nitrogens is 1. The molecule has 3 heterocycles. The Balaban J connectivity index is 1.25. The first-order chi connectivity index (χ1) is 15.6. The molecule has 3 aliphatic rings. The van der Waals surface area contributed by atoms with E-state index < -0.39 is 0 Å². The van der Waals surface area contributed by atoms with Crippen LogP contribution in [-0.2, 0) is 14.3 Å². The Hall–Kier alpha value is -2.64. The average molecular weight is 438 g/mol. The molecular formula is C25H27FN2O4. The second-order valence-corrected chi connectivity index (χ2v) is 8.77. The van der Waals surface area contributed by atoms with Crippen LogP contribution in [0.1, 0.15) is 48.6 Å². The van der Waals surface area contributed by atoms with Gasteiger partial charge < -0.3 is 14.2 Å². The Bertz CT molecular complexity index is 1030. The Kier molecular flexibility index (Phi) is 6.02. The molecule has 32 heavy (non-hydrogen) atoms. The number of hydrogen-bond donors (Lipinski definition) is 0.